The average Bonchev–Trinajstić information content (AvgIpc) is 2.75. The van der Waals surface area contributed by atoms with Crippen LogP contribution in [0.25, 0.3) is 10.1 Å². The monoisotopic (exact) mass is 288 g/mol. The van der Waals surface area contributed by atoms with Gasteiger partial charge >= 0.3 is 0 Å². The maximum absolute atomic E-state index is 3.82. The molecular weight excluding hydrogens is 264 g/mol. The SMILES string of the molecule is C=CCN(C)Cc1c(CNC(C)C)sc2ccccc12. The van der Waals surface area contributed by atoms with Gasteiger partial charge in [-0.15, -0.1) is 17.9 Å². The molecule has 0 amide bonds. The summed E-state index contributed by atoms with van der Waals surface area (Å²) >= 11 is 1.91. The molecule has 20 heavy (non-hydrogen) atoms. The van der Waals surface area contributed by atoms with Gasteiger partial charge in [-0.25, -0.2) is 0 Å². The van der Waals surface area contributed by atoms with Crippen LogP contribution in [0.4, 0.5) is 0 Å². The molecule has 0 radical (unpaired) electrons. The molecule has 3 heteroatoms. The molecule has 2 nitrogen and oxygen atoms in total. The summed E-state index contributed by atoms with van der Waals surface area (Å²) in [4.78, 5) is 3.76. The second kappa shape index (κ2) is 7.02. The van der Waals surface area contributed by atoms with Gasteiger partial charge in [-0.1, -0.05) is 38.1 Å². The van der Waals surface area contributed by atoms with E-state index in [1.807, 2.05) is 17.4 Å². The Labute approximate surface area is 126 Å². The zero-order valence-corrected chi connectivity index (χ0v) is 13.5. The third-order valence-corrected chi connectivity index (χ3v) is 4.53. The highest BCUT2D eigenvalue weighted by Gasteiger charge is 2.13. The summed E-state index contributed by atoms with van der Waals surface area (Å²) in [6.45, 7) is 11.1. The highest BCUT2D eigenvalue weighted by atomic mass is 32.1. The minimum atomic E-state index is 0.513. The van der Waals surface area contributed by atoms with Crippen molar-refractivity contribution in [1.29, 1.82) is 0 Å². The third-order valence-electron chi connectivity index (χ3n) is 3.32. The molecular formula is C17H24N2S. The first-order valence-electron chi connectivity index (χ1n) is 7.14. The number of benzene rings is 1. The number of nitrogens with one attached hydrogen (secondary N) is 1. The van der Waals surface area contributed by atoms with E-state index in [0.29, 0.717) is 6.04 Å². The van der Waals surface area contributed by atoms with Crippen LogP contribution in [0, 0.1) is 0 Å². The van der Waals surface area contributed by atoms with Crippen molar-refractivity contribution in [3.8, 4) is 0 Å². The summed E-state index contributed by atoms with van der Waals surface area (Å²) < 4.78 is 1.38. The van der Waals surface area contributed by atoms with E-state index in [1.54, 1.807) is 0 Å². The second-order valence-electron chi connectivity index (χ2n) is 5.52. The van der Waals surface area contributed by atoms with E-state index >= 15 is 0 Å². The second-order valence-corrected chi connectivity index (χ2v) is 6.66. The van der Waals surface area contributed by atoms with Crippen LogP contribution in [0.5, 0.6) is 0 Å². The Morgan fingerprint density at radius 1 is 1.35 bits per heavy atom. The van der Waals surface area contributed by atoms with Gasteiger partial charge in [-0.3, -0.25) is 4.90 Å². The van der Waals surface area contributed by atoms with Crippen LogP contribution in [0.3, 0.4) is 0 Å². The minimum absolute atomic E-state index is 0.513. The molecule has 108 valence electrons. The Morgan fingerprint density at radius 3 is 2.80 bits per heavy atom. The minimum Gasteiger partial charge on any atom is -0.310 e. The van der Waals surface area contributed by atoms with Crippen molar-refractivity contribution < 1.29 is 0 Å². The van der Waals surface area contributed by atoms with Crippen molar-refractivity contribution in [1.82, 2.24) is 10.2 Å². The van der Waals surface area contributed by atoms with Gasteiger partial charge in [0.25, 0.3) is 0 Å². The van der Waals surface area contributed by atoms with Gasteiger partial charge in [0.05, 0.1) is 0 Å². The number of thiophene rings is 1. The van der Waals surface area contributed by atoms with Crippen LogP contribution in [-0.2, 0) is 13.1 Å². The quantitative estimate of drug-likeness (QED) is 0.774. The van der Waals surface area contributed by atoms with E-state index in [2.05, 4.69) is 62.0 Å². The molecule has 0 spiro atoms. The van der Waals surface area contributed by atoms with E-state index < -0.39 is 0 Å². The molecule has 0 aliphatic heterocycles. The predicted molar refractivity (Wildman–Crippen MR) is 90.3 cm³/mol. The molecule has 2 aromatic rings. The van der Waals surface area contributed by atoms with E-state index in [-0.39, 0.29) is 0 Å². The Balaban J connectivity index is 2.31. The molecule has 1 N–H and O–H groups in total. The number of nitrogens with zero attached hydrogens (tertiary/aromatic N) is 1. The first-order valence-corrected chi connectivity index (χ1v) is 7.95. The van der Waals surface area contributed by atoms with Crippen LogP contribution in [0.1, 0.15) is 24.3 Å². The smallest absolute Gasteiger partial charge is 0.0349 e. The Kier molecular flexibility index (Phi) is 5.35. The Bertz CT molecular complexity index is 571. The fourth-order valence-corrected chi connectivity index (χ4v) is 3.48. The Hall–Kier alpha value is -1.16. The number of hydrogen-bond donors (Lipinski definition) is 1. The molecule has 0 unspecified atom stereocenters. The van der Waals surface area contributed by atoms with Gasteiger partial charge in [-0.05, 0) is 24.1 Å². The molecule has 0 bridgehead atoms. The number of likely N-dealkylation sites (N-methyl/N-ethyl adjacent to an activating group) is 1. The zero-order chi connectivity index (χ0) is 14.5. The van der Waals surface area contributed by atoms with Crippen LogP contribution in [0.15, 0.2) is 36.9 Å². The van der Waals surface area contributed by atoms with Crippen molar-refractivity contribution in [3.63, 3.8) is 0 Å². The third kappa shape index (κ3) is 3.69. The van der Waals surface area contributed by atoms with Crippen LogP contribution >= 0.6 is 11.3 Å². The summed E-state index contributed by atoms with van der Waals surface area (Å²) in [6.07, 6.45) is 1.96. The van der Waals surface area contributed by atoms with E-state index in [9.17, 15) is 0 Å². The average molecular weight is 288 g/mol. The predicted octanol–water partition coefficient (Wildman–Crippen LogP) is 4.02. The lowest BCUT2D eigenvalue weighted by Gasteiger charge is -2.16. The van der Waals surface area contributed by atoms with Crippen molar-refractivity contribution in [2.24, 2.45) is 0 Å². The summed E-state index contributed by atoms with van der Waals surface area (Å²) in [6, 6.07) is 9.22. The van der Waals surface area contributed by atoms with Gasteiger partial charge in [0.15, 0.2) is 0 Å². The molecule has 0 aliphatic rings. The normalized spacial score (nSPS) is 11.7. The molecule has 0 saturated heterocycles. The molecule has 1 heterocycles. The van der Waals surface area contributed by atoms with Gasteiger partial charge in [0.1, 0.15) is 0 Å². The lowest BCUT2D eigenvalue weighted by molar-refractivity contribution is 0.364. The lowest BCUT2D eigenvalue weighted by Crippen LogP contribution is -2.23. The number of hydrogen-bond acceptors (Lipinski definition) is 3. The van der Waals surface area contributed by atoms with E-state index in [1.165, 1.54) is 20.5 Å². The van der Waals surface area contributed by atoms with Crippen LogP contribution in [0.2, 0.25) is 0 Å². The fourth-order valence-electron chi connectivity index (χ4n) is 2.32. The highest BCUT2D eigenvalue weighted by molar-refractivity contribution is 7.19. The molecule has 1 aromatic carbocycles. The largest absolute Gasteiger partial charge is 0.310 e. The van der Waals surface area contributed by atoms with Gasteiger partial charge in [0, 0.05) is 35.3 Å². The summed E-state index contributed by atoms with van der Waals surface area (Å²) in [7, 11) is 2.15. The summed E-state index contributed by atoms with van der Waals surface area (Å²) in [5.41, 5.74) is 1.46. The standard InChI is InChI=1S/C17H24N2S/c1-5-10-19(4)12-15-14-8-6-7-9-16(14)20-17(15)11-18-13(2)3/h5-9,13,18H,1,10-12H2,2-4H3. The molecule has 0 saturated carbocycles. The van der Waals surface area contributed by atoms with Crippen molar-refractivity contribution in [2.45, 2.75) is 33.0 Å². The van der Waals surface area contributed by atoms with Gasteiger partial charge in [-0.2, -0.15) is 0 Å². The zero-order valence-electron chi connectivity index (χ0n) is 12.6. The first-order chi connectivity index (χ1) is 9.61. The molecule has 0 atom stereocenters. The first kappa shape index (κ1) is 15.2. The van der Waals surface area contributed by atoms with Crippen molar-refractivity contribution >= 4 is 21.4 Å². The van der Waals surface area contributed by atoms with Gasteiger partial charge < -0.3 is 5.32 Å². The molecule has 1 aromatic heterocycles. The fraction of sp³-hybridized carbons (Fsp3) is 0.412. The topological polar surface area (TPSA) is 15.3 Å². The van der Waals surface area contributed by atoms with Crippen LogP contribution < -0.4 is 5.32 Å². The van der Waals surface area contributed by atoms with E-state index in [4.69, 9.17) is 0 Å². The van der Waals surface area contributed by atoms with Crippen molar-refractivity contribution in [2.75, 3.05) is 13.6 Å². The summed E-state index contributed by atoms with van der Waals surface area (Å²) in [5.74, 6) is 0. The molecule has 0 fully saturated rings. The number of fused-ring (bicyclic) bond motifs is 1. The maximum atomic E-state index is 3.82. The number of rotatable bonds is 7. The van der Waals surface area contributed by atoms with E-state index in [0.717, 1.165) is 19.6 Å². The van der Waals surface area contributed by atoms with Gasteiger partial charge in [0.2, 0.25) is 0 Å². The molecule has 2 rings (SSSR count). The highest BCUT2D eigenvalue weighted by Crippen LogP contribution is 2.32. The Morgan fingerprint density at radius 2 is 2.10 bits per heavy atom. The lowest BCUT2D eigenvalue weighted by atomic mass is 10.1. The van der Waals surface area contributed by atoms with Crippen LogP contribution in [-0.4, -0.2) is 24.5 Å². The van der Waals surface area contributed by atoms with Crippen molar-refractivity contribution in [3.05, 3.63) is 47.4 Å². The summed E-state index contributed by atoms with van der Waals surface area (Å²) in [5, 5.41) is 4.94. The maximum Gasteiger partial charge on any atom is 0.0349 e. The molecule has 0 aliphatic carbocycles.